The van der Waals surface area contributed by atoms with Gasteiger partial charge >= 0.3 is 11.9 Å². The number of aliphatic hydroxyl groups is 4. The molecule has 318 valence electrons. The van der Waals surface area contributed by atoms with E-state index in [1.807, 2.05) is 0 Å². The third kappa shape index (κ3) is 27.8. The number of rotatable bonds is 35. The molecule has 1 fully saturated rings. The number of hydrogen-bond acceptors (Lipinski definition) is 10. The molecule has 0 radical (unpaired) electrons. The highest BCUT2D eigenvalue weighted by Crippen LogP contribution is 2.22. The second-order valence-corrected chi connectivity index (χ2v) is 14.8. The molecule has 0 spiro atoms. The lowest BCUT2D eigenvalue weighted by Gasteiger charge is -2.39. The van der Waals surface area contributed by atoms with Crippen molar-refractivity contribution >= 4 is 11.9 Å². The van der Waals surface area contributed by atoms with E-state index in [0.717, 1.165) is 64.2 Å². The van der Waals surface area contributed by atoms with E-state index in [1.54, 1.807) is 0 Å². The second-order valence-electron chi connectivity index (χ2n) is 14.8. The van der Waals surface area contributed by atoms with Crippen LogP contribution in [0.4, 0.5) is 0 Å². The van der Waals surface area contributed by atoms with Crippen LogP contribution in [0.15, 0.2) is 48.6 Å². The molecule has 6 atom stereocenters. The zero-order valence-corrected chi connectivity index (χ0v) is 34.4. The van der Waals surface area contributed by atoms with Gasteiger partial charge in [-0.1, -0.05) is 127 Å². The molecule has 0 aromatic heterocycles. The van der Waals surface area contributed by atoms with Gasteiger partial charge in [0, 0.05) is 12.8 Å². The van der Waals surface area contributed by atoms with Crippen molar-refractivity contribution in [3.05, 3.63) is 48.6 Å². The molecule has 0 amide bonds. The van der Waals surface area contributed by atoms with Gasteiger partial charge in [0.2, 0.25) is 0 Å². The summed E-state index contributed by atoms with van der Waals surface area (Å²) < 4.78 is 22.1. The van der Waals surface area contributed by atoms with Crippen LogP contribution in [0.2, 0.25) is 0 Å². The molecule has 0 saturated carbocycles. The maximum absolute atomic E-state index is 12.7. The Kier molecular flexibility index (Phi) is 33.2. The summed E-state index contributed by atoms with van der Waals surface area (Å²) >= 11 is 0. The Morgan fingerprint density at radius 1 is 0.564 bits per heavy atom. The maximum Gasteiger partial charge on any atom is 0.306 e. The summed E-state index contributed by atoms with van der Waals surface area (Å²) in [4.78, 5) is 25.3. The molecule has 1 heterocycles. The Labute approximate surface area is 333 Å². The molecule has 0 aromatic rings. The first kappa shape index (κ1) is 50.7. The molecule has 1 aliphatic rings. The average Bonchev–Trinajstić information content (AvgIpc) is 3.18. The van der Waals surface area contributed by atoms with Crippen molar-refractivity contribution in [2.45, 2.75) is 205 Å². The number of unbranched alkanes of at least 4 members (excludes halogenated alkanes) is 16. The summed E-state index contributed by atoms with van der Waals surface area (Å²) in [6.45, 7) is 3.33. The lowest BCUT2D eigenvalue weighted by atomic mass is 9.99. The van der Waals surface area contributed by atoms with E-state index in [4.69, 9.17) is 18.9 Å². The molecule has 4 N–H and O–H groups in total. The molecule has 0 aromatic carbocycles. The third-order valence-corrected chi connectivity index (χ3v) is 9.69. The van der Waals surface area contributed by atoms with Crippen LogP contribution in [0.1, 0.15) is 168 Å². The lowest BCUT2D eigenvalue weighted by molar-refractivity contribution is -0.305. The van der Waals surface area contributed by atoms with Gasteiger partial charge in [-0.25, -0.2) is 0 Å². The van der Waals surface area contributed by atoms with Crippen LogP contribution < -0.4 is 0 Å². The Balaban J connectivity index is 2.39. The summed E-state index contributed by atoms with van der Waals surface area (Å²) in [5, 5.41) is 40.0. The van der Waals surface area contributed by atoms with Gasteiger partial charge in [-0.05, 0) is 77.0 Å². The number of carbonyl (C=O) groups excluding carboxylic acids is 2. The van der Waals surface area contributed by atoms with Gasteiger partial charge < -0.3 is 39.4 Å². The fourth-order valence-electron chi connectivity index (χ4n) is 6.19. The largest absolute Gasteiger partial charge is 0.462 e. The molecule has 10 nitrogen and oxygen atoms in total. The highest BCUT2D eigenvalue weighted by atomic mass is 16.7. The van der Waals surface area contributed by atoms with Crippen molar-refractivity contribution in [3.8, 4) is 0 Å². The van der Waals surface area contributed by atoms with E-state index in [-0.39, 0.29) is 26.1 Å². The summed E-state index contributed by atoms with van der Waals surface area (Å²) in [5.41, 5.74) is 0. The first-order valence-corrected chi connectivity index (χ1v) is 21.7. The minimum atomic E-state index is -1.60. The van der Waals surface area contributed by atoms with Crippen molar-refractivity contribution in [2.75, 3.05) is 19.8 Å². The SMILES string of the molecule is CCCCC/C=C/C/C=C/CCCCCCCC(=O)OC[C@@H](CO[C@H]1O[C@@H](CO)[C@@H](O)C(O)C1O)OC(=O)CCCC/C=C/C/C=C/CCCCCCCC. The predicted octanol–water partition coefficient (Wildman–Crippen LogP) is 8.88. The average molecular weight is 779 g/mol. The van der Waals surface area contributed by atoms with Crippen molar-refractivity contribution in [3.63, 3.8) is 0 Å². The molecule has 1 aliphatic heterocycles. The number of esters is 2. The molecule has 1 rings (SSSR count). The van der Waals surface area contributed by atoms with Crippen molar-refractivity contribution in [1.29, 1.82) is 0 Å². The molecule has 1 saturated heterocycles. The van der Waals surface area contributed by atoms with Crippen LogP contribution in [-0.4, -0.2) is 89.0 Å². The fraction of sp³-hybridized carbons (Fsp3) is 0.778. The summed E-state index contributed by atoms with van der Waals surface area (Å²) in [5.74, 6) is -0.864. The second kappa shape index (κ2) is 36.0. The Bertz CT molecular complexity index is 1040. The topological polar surface area (TPSA) is 152 Å². The minimum absolute atomic E-state index is 0.183. The number of carbonyl (C=O) groups is 2. The fourth-order valence-corrected chi connectivity index (χ4v) is 6.19. The van der Waals surface area contributed by atoms with E-state index in [0.29, 0.717) is 12.8 Å². The highest BCUT2D eigenvalue weighted by Gasteiger charge is 2.44. The predicted molar refractivity (Wildman–Crippen MR) is 219 cm³/mol. The molecule has 0 bridgehead atoms. The monoisotopic (exact) mass is 779 g/mol. The van der Waals surface area contributed by atoms with Gasteiger partial charge in [0.05, 0.1) is 13.2 Å². The van der Waals surface area contributed by atoms with Crippen LogP contribution in [-0.2, 0) is 28.5 Å². The number of hydrogen-bond donors (Lipinski definition) is 4. The Hall–Kier alpha value is -2.34. The van der Waals surface area contributed by atoms with Crippen LogP contribution in [0.25, 0.3) is 0 Å². The minimum Gasteiger partial charge on any atom is -0.462 e. The zero-order valence-electron chi connectivity index (χ0n) is 34.4. The van der Waals surface area contributed by atoms with E-state index in [1.165, 1.54) is 64.2 Å². The molecular formula is C45H78O10. The summed E-state index contributed by atoms with van der Waals surface area (Å²) in [7, 11) is 0. The van der Waals surface area contributed by atoms with Crippen LogP contribution in [0.5, 0.6) is 0 Å². The molecule has 0 aliphatic carbocycles. The Morgan fingerprint density at radius 2 is 1.02 bits per heavy atom. The molecule has 55 heavy (non-hydrogen) atoms. The molecule has 2 unspecified atom stereocenters. The third-order valence-electron chi connectivity index (χ3n) is 9.69. The van der Waals surface area contributed by atoms with Gasteiger partial charge in [0.25, 0.3) is 0 Å². The highest BCUT2D eigenvalue weighted by molar-refractivity contribution is 5.70. The van der Waals surface area contributed by atoms with E-state index in [2.05, 4.69) is 62.5 Å². The van der Waals surface area contributed by atoms with Crippen molar-refractivity contribution in [1.82, 2.24) is 0 Å². The summed E-state index contributed by atoms with van der Waals surface area (Å²) in [6, 6.07) is 0. The smallest absolute Gasteiger partial charge is 0.306 e. The first-order chi connectivity index (χ1) is 26.8. The first-order valence-electron chi connectivity index (χ1n) is 21.7. The summed E-state index contributed by atoms with van der Waals surface area (Å²) in [6.07, 6.45) is 34.0. The van der Waals surface area contributed by atoms with Gasteiger partial charge in [0.1, 0.15) is 31.0 Å². The lowest BCUT2D eigenvalue weighted by Crippen LogP contribution is -2.59. The standard InChI is InChI=1S/C45H78O10/c1-3-5-7-9-11-13-15-17-19-21-23-25-27-29-31-33-40(47)52-36-38(37-53-45-44(51)43(50)42(49)39(35-46)55-45)54-41(48)34-32-30-28-26-24-22-20-18-16-14-12-10-8-6-4-2/h11,13,17-20,24,26,38-39,42-46,49-51H,3-10,12,14-16,21-23,25,27-37H2,1-2H3/b13-11+,19-17+,20-18+,26-24+/t38-,39-,42+,43?,44?,45-/m0/s1. The normalized spacial score (nSPS) is 21.0. The maximum atomic E-state index is 12.7. The van der Waals surface area contributed by atoms with Crippen LogP contribution in [0, 0.1) is 0 Å². The quantitative estimate of drug-likeness (QED) is 0.0279. The molecule has 10 heteroatoms. The molecular weight excluding hydrogens is 700 g/mol. The van der Waals surface area contributed by atoms with E-state index < -0.39 is 55.4 Å². The van der Waals surface area contributed by atoms with Gasteiger partial charge in [-0.15, -0.1) is 0 Å². The van der Waals surface area contributed by atoms with Crippen molar-refractivity contribution < 1.29 is 49.0 Å². The van der Waals surface area contributed by atoms with Gasteiger partial charge in [-0.3, -0.25) is 9.59 Å². The van der Waals surface area contributed by atoms with Crippen LogP contribution >= 0.6 is 0 Å². The zero-order chi connectivity index (χ0) is 40.2. The number of aliphatic hydroxyl groups excluding tert-OH is 4. The Morgan fingerprint density at radius 3 is 1.58 bits per heavy atom. The van der Waals surface area contributed by atoms with Gasteiger partial charge in [-0.2, -0.15) is 0 Å². The van der Waals surface area contributed by atoms with Crippen molar-refractivity contribution in [2.24, 2.45) is 0 Å². The van der Waals surface area contributed by atoms with E-state index in [9.17, 15) is 30.0 Å². The van der Waals surface area contributed by atoms with E-state index >= 15 is 0 Å². The van der Waals surface area contributed by atoms with Crippen LogP contribution in [0.3, 0.4) is 0 Å². The number of allylic oxidation sites excluding steroid dienone is 8. The van der Waals surface area contributed by atoms with Gasteiger partial charge in [0.15, 0.2) is 12.4 Å². The number of ether oxygens (including phenoxy) is 4.